The van der Waals surface area contributed by atoms with E-state index in [1.54, 1.807) is 18.2 Å². The van der Waals surface area contributed by atoms with Gasteiger partial charge in [0.2, 0.25) is 0 Å². The van der Waals surface area contributed by atoms with Gasteiger partial charge in [0, 0.05) is 15.6 Å². The van der Waals surface area contributed by atoms with Crippen LogP contribution >= 0.6 is 23.2 Å². The lowest BCUT2D eigenvalue weighted by Gasteiger charge is -2.01. The minimum Gasteiger partial charge on any atom is -0.383 e. The fraction of sp³-hybridized carbons (Fsp3) is 0.100. The van der Waals surface area contributed by atoms with Gasteiger partial charge in [-0.1, -0.05) is 29.1 Å². The number of hydrogen-bond donors (Lipinski definition) is 1. The van der Waals surface area contributed by atoms with Gasteiger partial charge in [0.25, 0.3) is 0 Å². The van der Waals surface area contributed by atoms with Gasteiger partial charge >= 0.3 is 0 Å². The van der Waals surface area contributed by atoms with Crippen LogP contribution in [0.15, 0.2) is 23.2 Å². The van der Waals surface area contributed by atoms with Crippen LogP contribution in [-0.2, 0) is 0 Å². The number of terminal acetylenes is 1. The zero-order valence-corrected chi connectivity index (χ0v) is 8.81. The van der Waals surface area contributed by atoms with Gasteiger partial charge in [-0.05, 0) is 18.2 Å². The van der Waals surface area contributed by atoms with Crippen LogP contribution in [0.5, 0.6) is 0 Å². The summed E-state index contributed by atoms with van der Waals surface area (Å²) in [6, 6.07) is 4.99. The molecule has 0 aliphatic rings. The Morgan fingerprint density at radius 3 is 2.43 bits per heavy atom. The molecule has 0 heterocycles. The largest absolute Gasteiger partial charge is 0.383 e. The molecule has 0 spiro atoms. The molecule has 14 heavy (non-hydrogen) atoms. The number of halogens is 2. The summed E-state index contributed by atoms with van der Waals surface area (Å²) in [7, 11) is 0. The summed E-state index contributed by atoms with van der Waals surface area (Å²) in [4.78, 5) is 3.94. The van der Waals surface area contributed by atoms with Crippen LogP contribution in [0.2, 0.25) is 10.0 Å². The van der Waals surface area contributed by atoms with Crippen molar-refractivity contribution in [2.75, 3.05) is 6.54 Å². The van der Waals surface area contributed by atoms with E-state index in [0.29, 0.717) is 21.4 Å². The van der Waals surface area contributed by atoms with Crippen molar-refractivity contribution in [3.8, 4) is 12.3 Å². The van der Waals surface area contributed by atoms with Gasteiger partial charge in [0.05, 0.1) is 0 Å². The molecule has 0 bridgehead atoms. The van der Waals surface area contributed by atoms with E-state index in [4.69, 9.17) is 35.4 Å². The number of benzene rings is 1. The fourth-order valence-electron chi connectivity index (χ4n) is 0.924. The predicted molar refractivity (Wildman–Crippen MR) is 60.9 cm³/mol. The molecule has 1 rings (SSSR count). The van der Waals surface area contributed by atoms with Crippen molar-refractivity contribution in [3.63, 3.8) is 0 Å². The molecule has 0 unspecified atom stereocenters. The van der Waals surface area contributed by atoms with Gasteiger partial charge in [-0.2, -0.15) is 0 Å². The maximum Gasteiger partial charge on any atom is 0.126 e. The van der Waals surface area contributed by atoms with E-state index in [-0.39, 0.29) is 6.54 Å². The Balaban J connectivity index is 3.02. The fourth-order valence-corrected chi connectivity index (χ4v) is 1.45. The Hall–Kier alpha value is -1.17. The molecule has 0 aliphatic carbocycles. The Kier molecular flexibility index (Phi) is 3.82. The highest BCUT2D eigenvalue weighted by Gasteiger charge is 2.01. The molecule has 2 N–H and O–H groups in total. The van der Waals surface area contributed by atoms with Gasteiger partial charge in [-0.25, -0.2) is 0 Å². The molecule has 0 radical (unpaired) electrons. The second kappa shape index (κ2) is 4.90. The lowest BCUT2D eigenvalue weighted by atomic mass is 10.2. The maximum absolute atomic E-state index is 5.79. The molecule has 0 saturated carbocycles. The second-order valence-corrected chi connectivity index (χ2v) is 3.44. The molecule has 72 valence electrons. The Bertz CT molecular complexity index is 385. The molecule has 0 fully saturated rings. The first-order valence-electron chi connectivity index (χ1n) is 3.83. The topological polar surface area (TPSA) is 38.4 Å². The summed E-state index contributed by atoms with van der Waals surface area (Å²) in [5.41, 5.74) is 6.33. The molecular weight excluding hydrogens is 219 g/mol. The number of nitrogens with zero attached hydrogens (tertiary/aromatic N) is 1. The molecule has 0 aromatic heterocycles. The predicted octanol–water partition coefficient (Wildman–Crippen LogP) is 2.33. The Morgan fingerprint density at radius 1 is 1.36 bits per heavy atom. The SMILES string of the molecule is C#CCN=C(N)c1cc(Cl)cc(Cl)c1. The first kappa shape index (κ1) is 10.9. The van der Waals surface area contributed by atoms with E-state index in [0.717, 1.165) is 0 Å². The quantitative estimate of drug-likeness (QED) is 0.470. The summed E-state index contributed by atoms with van der Waals surface area (Å²) in [5.74, 6) is 2.70. The summed E-state index contributed by atoms with van der Waals surface area (Å²) < 4.78 is 0. The first-order valence-corrected chi connectivity index (χ1v) is 4.59. The monoisotopic (exact) mass is 226 g/mol. The third-order valence-electron chi connectivity index (χ3n) is 1.50. The Morgan fingerprint density at radius 2 is 1.93 bits per heavy atom. The first-order chi connectivity index (χ1) is 6.63. The standard InChI is InChI=1S/C10H8Cl2N2/c1-2-3-14-10(13)7-4-8(11)6-9(12)5-7/h1,4-6H,3H2,(H2,13,14). The lowest BCUT2D eigenvalue weighted by Crippen LogP contribution is -2.13. The number of nitrogens with two attached hydrogens (primary N) is 1. The van der Waals surface area contributed by atoms with Crippen molar-refractivity contribution >= 4 is 29.0 Å². The highest BCUT2D eigenvalue weighted by Crippen LogP contribution is 2.18. The average Bonchev–Trinajstić information content (AvgIpc) is 2.12. The van der Waals surface area contributed by atoms with E-state index < -0.39 is 0 Å². The molecule has 2 nitrogen and oxygen atoms in total. The molecule has 0 saturated heterocycles. The molecule has 0 aliphatic heterocycles. The summed E-state index contributed by atoms with van der Waals surface area (Å²) in [5, 5.41) is 1.04. The third-order valence-corrected chi connectivity index (χ3v) is 1.94. The maximum atomic E-state index is 5.79. The Labute approximate surface area is 92.7 Å². The highest BCUT2D eigenvalue weighted by atomic mass is 35.5. The molecule has 0 amide bonds. The van der Waals surface area contributed by atoms with Crippen molar-refractivity contribution in [1.82, 2.24) is 0 Å². The number of amidine groups is 1. The van der Waals surface area contributed by atoms with Gasteiger partial charge < -0.3 is 5.73 Å². The number of aliphatic imine (C=N–C) groups is 1. The van der Waals surface area contributed by atoms with Crippen molar-refractivity contribution in [2.45, 2.75) is 0 Å². The number of rotatable bonds is 2. The average molecular weight is 227 g/mol. The minimum absolute atomic E-state index is 0.246. The highest BCUT2D eigenvalue weighted by molar-refractivity contribution is 6.35. The van der Waals surface area contributed by atoms with Crippen LogP contribution in [0.25, 0.3) is 0 Å². The zero-order chi connectivity index (χ0) is 10.6. The van der Waals surface area contributed by atoms with Crippen LogP contribution < -0.4 is 5.73 Å². The molecule has 1 aromatic carbocycles. The van der Waals surface area contributed by atoms with Crippen LogP contribution in [0, 0.1) is 12.3 Å². The summed E-state index contributed by atoms with van der Waals surface area (Å²) in [6.45, 7) is 0.246. The summed E-state index contributed by atoms with van der Waals surface area (Å²) >= 11 is 11.6. The van der Waals surface area contributed by atoms with Crippen molar-refractivity contribution < 1.29 is 0 Å². The van der Waals surface area contributed by atoms with Crippen LogP contribution in [0.1, 0.15) is 5.56 Å². The molecule has 4 heteroatoms. The van der Waals surface area contributed by atoms with Crippen LogP contribution in [0.3, 0.4) is 0 Å². The molecule has 1 aromatic rings. The van der Waals surface area contributed by atoms with Crippen molar-refractivity contribution in [2.24, 2.45) is 10.7 Å². The van der Waals surface area contributed by atoms with Gasteiger partial charge in [0.1, 0.15) is 12.4 Å². The van der Waals surface area contributed by atoms with Crippen LogP contribution in [-0.4, -0.2) is 12.4 Å². The van der Waals surface area contributed by atoms with Crippen molar-refractivity contribution in [3.05, 3.63) is 33.8 Å². The van der Waals surface area contributed by atoms with Gasteiger partial charge in [-0.3, -0.25) is 4.99 Å². The van der Waals surface area contributed by atoms with Gasteiger partial charge in [-0.15, -0.1) is 6.42 Å². The summed E-state index contributed by atoms with van der Waals surface area (Å²) in [6.07, 6.45) is 5.05. The van der Waals surface area contributed by atoms with E-state index >= 15 is 0 Å². The van der Waals surface area contributed by atoms with Gasteiger partial charge in [0.15, 0.2) is 0 Å². The van der Waals surface area contributed by atoms with E-state index in [1.165, 1.54) is 0 Å². The minimum atomic E-state index is 0.246. The van der Waals surface area contributed by atoms with E-state index in [9.17, 15) is 0 Å². The second-order valence-electron chi connectivity index (χ2n) is 2.56. The smallest absolute Gasteiger partial charge is 0.126 e. The number of hydrogen-bond acceptors (Lipinski definition) is 1. The molecule has 0 atom stereocenters. The molecular formula is C10H8Cl2N2. The van der Waals surface area contributed by atoms with Crippen LogP contribution in [0.4, 0.5) is 0 Å². The normalized spacial score (nSPS) is 11.1. The van der Waals surface area contributed by atoms with E-state index in [1.807, 2.05) is 0 Å². The van der Waals surface area contributed by atoms with Crippen molar-refractivity contribution in [1.29, 1.82) is 0 Å². The third kappa shape index (κ3) is 2.95. The lowest BCUT2D eigenvalue weighted by molar-refractivity contribution is 1.26. The zero-order valence-electron chi connectivity index (χ0n) is 7.30. The van der Waals surface area contributed by atoms with E-state index in [2.05, 4.69) is 10.9 Å².